The van der Waals surface area contributed by atoms with Gasteiger partial charge >= 0.3 is 0 Å². The van der Waals surface area contributed by atoms with Crippen LogP contribution in [0.2, 0.25) is 0 Å². The van der Waals surface area contributed by atoms with E-state index < -0.39 is 0 Å². The molecule has 2 rings (SSSR count). The summed E-state index contributed by atoms with van der Waals surface area (Å²) in [5.41, 5.74) is 2.30. The van der Waals surface area contributed by atoms with Crippen LogP contribution in [0.1, 0.15) is 56.0 Å². The van der Waals surface area contributed by atoms with Gasteiger partial charge < -0.3 is 4.74 Å². The van der Waals surface area contributed by atoms with Gasteiger partial charge in [-0.25, -0.2) is 0 Å². The van der Waals surface area contributed by atoms with Crippen molar-refractivity contribution in [3.05, 3.63) is 35.4 Å². The van der Waals surface area contributed by atoms with Gasteiger partial charge in [0.25, 0.3) is 0 Å². The fourth-order valence-electron chi connectivity index (χ4n) is 2.47. The molecule has 1 aromatic rings. The molecular formula is C17H24O2. The van der Waals surface area contributed by atoms with Crippen molar-refractivity contribution in [1.82, 2.24) is 0 Å². The maximum absolute atomic E-state index is 12.4. The lowest BCUT2D eigenvalue weighted by Gasteiger charge is -2.24. The van der Waals surface area contributed by atoms with Crippen LogP contribution in [0.3, 0.4) is 0 Å². The highest BCUT2D eigenvalue weighted by molar-refractivity contribution is 5.98. The normalized spacial score (nSPS) is 20.3. The number of carbonyl (C=O) groups excluding carboxylic acids is 1. The predicted molar refractivity (Wildman–Crippen MR) is 77.6 cm³/mol. The summed E-state index contributed by atoms with van der Waals surface area (Å²) in [6.07, 6.45) is 3.05. The van der Waals surface area contributed by atoms with Crippen LogP contribution in [0.15, 0.2) is 24.3 Å². The summed E-state index contributed by atoms with van der Waals surface area (Å²) < 4.78 is 5.40. The molecule has 2 nitrogen and oxygen atoms in total. The summed E-state index contributed by atoms with van der Waals surface area (Å²) in [6.45, 7) is 8.05. The maximum Gasteiger partial charge on any atom is 0.168 e. The van der Waals surface area contributed by atoms with Gasteiger partial charge in [0.2, 0.25) is 0 Å². The van der Waals surface area contributed by atoms with Gasteiger partial charge in [-0.15, -0.1) is 0 Å². The summed E-state index contributed by atoms with van der Waals surface area (Å²) in [6, 6.07) is 8.15. The van der Waals surface area contributed by atoms with Crippen LogP contribution < -0.4 is 0 Å². The third kappa shape index (κ3) is 3.24. The Hall–Kier alpha value is -1.15. The molecule has 19 heavy (non-hydrogen) atoms. The first kappa shape index (κ1) is 14.3. The molecule has 2 heteroatoms. The lowest BCUT2D eigenvalue weighted by molar-refractivity contribution is 0.0461. The van der Waals surface area contributed by atoms with Crippen LogP contribution >= 0.6 is 0 Å². The van der Waals surface area contributed by atoms with E-state index in [1.54, 1.807) is 0 Å². The minimum atomic E-state index is 0.0544. The third-order valence-electron chi connectivity index (χ3n) is 4.37. The van der Waals surface area contributed by atoms with Crippen molar-refractivity contribution in [2.24, 2.45) is 5.92 Å². The van der Waals surface area contributed by atoms with Crippen LogP contribution in [-0.4, -0.2) is 19.0 Å². The number of carbonyl (C=O) groups is 1. The summed E-state index contributed by atoms with van der Waals surface area (Å²) in [7, 11) is 0. The molecule has 0 aliphatic carbocycles. The van der Waals surface area contributed by atoms with Crippen LogP contribution in [0.4, 0.5) is 0 Å². The van der Waals surface area contributed by atoms with E-state index in [0.29, 0.717) is 6.61 Å². The number of hydrogen-bond acceptors (Lipinski definition) is 2. The zero-order chi connectivity index (χ0) is 13.9. The van der Waals surface area contributed by atoms with Gasteiger partial charge in [-0.2, -0.15) is 0 Å². The second kappa shape index (κ2) is 5.87. The predicted octanol–water partition coefficient (Wildman–Crippen LogP) is 3.98. The molecule has 0 spiro atoms. The minimum absolute atomic E-state index is 0.0544. The van der Waals surface area contributed by atoms with Crippen molar-refractivity contribution in [2.75, 3.05) is 13.2 Å². The van der Waals surface area contributed by atoms with E-state index >= 15 is 0 Å². The lowest BCUT2D eigenvalue weighted by Crippen LogP contribution is -2.25. The van der Waals surface area contributed by atoms with Crippen LogP contribution in [-0.2, 0) is 10.2 Å². The van der Waals surface area contributed by atoms with Gasteiger partial charge in [0.1, 0.15) is 0 Å². The Morgan fingerprint density at radius 2 is 2.00 bits per heavy atom. The second-order valence-electron chi connectivity index (χ2n) is 6.09. The van der Waals surface area contributed by atoms with Crippen LogP contribution in [0.25, 0.3) is 0 Å². The van der Waals surface area contributed by atoms with E-state index in [1.807, 2.05) is 12.1 Å². The van der Waals surface area contributed by atoms with Crippen molar-refractivity contribution in [1.29, 1.82) is 0 Å². The van der Waals surface area contributed by atoms with Gasteiger partial charge in [-0.3, -0.25) is 4.79 Å². The van der Waals surface area contributed by atoms with Crippen molar-refractivity contribution in [3.63, 3.8) is 0 Å². The minimum Gasteiger partial charge on any atom is -0.381 e. The zero-order valence-corrected chi connectivity index (χ0v) is 12.2. The average Bonchev–Trinajstić information content (AvgIpc) is 2.47. The Morgan fingerprint density at radius 3 is 2.53 bits per heavy atom. The Kier molecular flexibility index (Phi) is 4.41. The zero-order valence-electron chi connectivity index (χ0n) is 12.2. The number of ether oxygens (including phenoxy) is 1. The van der Waals surface area contributed by atoms with Gasteiger partial charge in [0, 0.05) is 18.1 Å². The molecule has 0 bridgehead atoms. The Balaban J connectivity index is 2.11. The molecule has 104 valence electrons. The van der Waals surface area contributed by atoms with Crippen LogP contribution in [0, 0.1) is 5.92 Å². The highest BCUT2D eigenvalue weighted by atomic mass is 16.5. The second-order valence-corrected chi connectivity index (χ2v) is 6.09. The van der Waals surface area contributed by atoms with E-state index in [4.69, 9.17) is 4.74 Å². The molecule has 0 N–H and O–H groups in total. The molecule has 0 aromatic heterocycles. The monoisotopic (exact) mass is 260 g/mol. The molecule has 1 fully saturated rings. The molecule has 1 aliphatic rings. The average molecular weight is 260 g/mol. The van der Waals surface area contributed by atoms with Gasteiger partial charge in [0.15, 0.2) is 5.78 Å². The molecule has 1 saturated heterocycles. The van der Waals surface area contributed by atoms with Gasteiger partial charge in [-0.1, -0.05) is 45.0 Å². The first-order chi connectivity index (χ1) is 9.04. The summed E-state index contributed by atoms with van der Waals surface area (Å²) >= 11 is 0. The van der Waals surface area contributed by atoms with Gasteiger partial charge in [-0.05, 0) is 30.2 Å². The molecule has 1 unspecified atom stereocenters. The molecular weight excluding hydrogens is 236 g/mol. The van der Waals surface area contributed by atoms with Gasteiger partial charge in [0.05, 0.1) is 6.61 Å². The molecule has 1 atom stereocenters. The summed E-state index contributed by atoms with van der Waals surface area (Å²) in [4.78, 5) is 12.4. The van der Waals surface area contributed by atoms with Crippen molar-refractivity contribution in [2.45, 2.75) is 45.4 Å². The number of hydrogen-bond donors (Lipinski definition) is 0. The highest BCUT2D eigenvalue weighted by Gasteiger charge is 2.24. The van der Waals surface area contributed by atoms with E-state index in [2.05, 4.69) is 32.9 Å². The number of ketones is 1. The first-order valence-electron chi connectivity index (χ1n) is 7.27. The summed E-state index contributed by atoms with van der Waals surface area (Å²) in [5, 5.41) is 0. The van der Waals surface area contributed by atoms with Crippen LogP contribution in [0.5, 0.6) is 0 Å². The topological polar surface area (TPSA) is 26.3 Å². The number of benzene rings is 1. The lowest BCUT2D eigenvalue weighted by atomic mass is 9.81. The molecule has 0 amide bonds. The Labute approximate surface area is 116 Å². The fraction of sp³-hybridized carbons (Fsp3) is 0.588. The highest BCUT2D eigenvalue weighted by Crippen LogP contribution is 2.27. The van der Waals surface area contributed by atoms with E-state index in [0.717, 1.165) is 31.4 Å². The fourth-order valence-corrected chi connectivity index (χ4v) is 2.47. The molecule has 1 aromatic carbocycles. The van der Waals surface area contributed by atoms with E-state index in [-0.39, 0.29) is 17.1 Å². The van der Waals surface area contributed by atoms with Crippen molar-refractivity contribution in [3.8, 4) is 0 Å². The molecule has 1 heterocycles. The molecule has 0 radical (unpaired) electrons. The standard InChI is InChI=1S/C17H24O2/c1-4-17(2,3)15-9-7-13(8-10-15)16(18)14-6-5-11-19-12-14/h7-10,14H,4-6,11-12H2,1-3H3. The van der Waals surface area contributed by atoms with E-state index in [1.165, 1.54) is 5.56 Å². The number of rotatable bonds is 4. The Bertz CT molecular complexity index is 425. The van der Waals surface area contributed by atoms with Crippen molar-refractivity contribution >= 4 is 5.78 Å². The quantitative estimate of drug-likeness (QED) is 0.765. The van der Waals surface area contributed by atoms with Crippen molar-refractivity contribution < 1.29 is 9.53 Å². The maximum atomic E-state index is 12.4. The SMILES string of the molecule is CCC(C)(C)c1ccc(C(=O)C2CCCOC2)cc1. The Morgan fingerprint density at radius 1 is 1.32 bits per heavy atom. The third-order valence-corrected chi connectivity index (χ3v) is 4.37. The first-order valence-corrected chi connectivity index (χ1v) is 7.27. The van der Waals surface area contributed by atoms with E-state index in [9.17, 15) is 4.79 Å². The smallest absolute Gasteiger partial charge is 0.168 e. The largest absolute Gasteiger partial charge is 0.381 e. The summed E-state index contributed by atoms with van der Waals surface area (Å²) in [5.74, 6) is 0.291. The molecule has 1 aliphatic heterocycles. The number of Topliss-reactive ketones (excluding diaryl/α,β-unsaturated/α-hetero) is 1. The molecule has 0 saturated carbocycles.